The van der Waals surface area contributed by atoms with Crippen LogP contribution in [0.25, 0.3) is 0 Å². The van der Waals surface area contributed by atoms with Gasteiger partial charge in [-0.1, -0.05) is 55.6 Å². The zero-order valence-electron chi connectivity index (χ0n) is 10.4. The molecule has 0 saturated heterocycles. The fraction of sp³-hybridized carbons (Fsp3) is 0.133. The Kier molecular flexibility index (Phi) is 4.49. The fourth-order valence-corrected chi connectivity index (χ4v) is 2.87. The van der Waals surface area contributed by atoms with Crippen LogP contribution >= 0.6 is 43.5 Å². The van der Waals surface area contributed by atoms with E-state index in [1.54, 1.807) is 12.1 Å². The van der Waals surface area contributed by atoms with Crippen LogP contribution in [0.2, 0.25) is 5.02 Å². The van der Waals surface area contributed by atoms with E-state index in [1.807, 2.05) is 32.0 Å². The first-order valence-corrected chi connectivity index (χ1v) is 7.63. The number of ketones is 1. The predicted octanol–water partition coefficient (Wildman–Crippen LogP) is 5.71. The molecule has 0 aliphatic carbocycles. The van der Waals surface area contributed by atoms with Crippen LogP contribution in [0.1, 0.15) is 27.0 Å². The SMILES string of the molecule is Cc1ccc(C(=O)c2cc(Br)c(C)cc2Br)cc1Cl. The van der Waals surface area contributed by atoms with E-state index in [2.05, 4.69) is 31.9 Å². The second kappa shape index (κ2) is 5.78. The maximum atomic E-state index is 12.5. The lowest BCUT2D eigenvalue weighted by Gasteiger charge is -2.08. The highest BCUT2D eigenvalue weighted by Crippen LogP contribution is 2.28. The van der Waals surface area contributed by atoms with E-state index >= 15 is 0 Å². The van der Waals surface area contributed by atoms with E-state index in [0.29, 0.717) is 16.1 Å². The van der Waals surface area contributed by atoms with Crippen LogP contribution in [-0.4, -0.2) is 5.78 Å². The van der Waals surface area contributed by atoms with Crippen LogP contribution in [0, 0.1) is 13.8 Å². The molecule has 0 aromatic heterocycles. The molecule has 0 aliphatic rings. The van der Waals surface area contributed by atoms with Crippen molar-refractivity contribution in [2.45, 2.75) is 13.8 Å². The second-order valence-electron chi connectivity index (χ2n) is 4.37. The first-order valence-electron chi connectivity index (χ1n) is 5.66. The highest BCUT2D eigenvalue weighted by molar-refractivity contribution is 9.11. The Bertz CT molecular complexity index is 665. The van der Waals surface area contributed by atoms with Gasteiger partial charge in [0.05, 0.1) is 0 Å². The number of hydrogen-bond donors (Lipinski definition) is 0. The molecule has 0 amide bonds. The number of hydrogen-bond acceptors (Lipinski definition) is 1. The van der Waals surface area contributed by atoms with Gasteiger partial charge in [-0.25, -0.2) is 0 Å². The summed E-state index contributed by atoms with van der Waals surface area (Å²) in [6.45, 7) is 3.89. The molecule has 0 bridgehead atoms. The zero-order chi connectivity index (χ0) is 14.2. The van der Waals surface area contributed by atoms with Crippen molar-refractivity contribution >= 4 is 49.2 Å². The summed E-state index contributed by atoms with van der Waals surface area (Å²) < 4.78 is 1.70. The Morgan fingerprint density at radius 2 is 1.68 bits per heavy atom. The van der Waals surface area contributed by atoms with Gasteiger partial charge in [-0.2, -0.15) is 0 Å². The Balaban J connectivity index is 2.49. The molecule has 0 radical (unpaired) electrons. The van der Waals surface area contributed by atoms with Gasteiger partial charge in [-0.3, -0.25) is 4.79 Å². The smallest absolute Gasteiger partial charge is 0.194 e. The Morgan fingerprint density at radius 1 is 1.00 bits per heavy atom. The van der Waals surface area contributed by atoms with Crippen molar-refractivity contribution in [1.82, 2.24) is 0 Å². The highest BCUT2D eigenvalue weighted by Gasteiger charge is 2.15. The molecular formula is C15H11Br2ClO. The van der Waals surface area contributed by atoms with Crippen molar-refractivity contribution in [3.05, 3.63) is 66.6 Å². The Morgan fingerprint density at radius 3 is 2.32 bits per heavy atom. The minimum Gasteiger partial charge on any atom is -0.289 e. The predicted molar refractivity (Wildman–Crippen MR) is 86.2 cm³/mol. The summed E-state index contributed by atoms with van der Waals surface area (Å²) in [5.41, 5.74) is 3.25. The molecule has 0 saturated carbocycles. The molecule has 2 aromatic rings. The molecule has 2 aromatic carbocycles. The molecule has 0 fully saturated rings. The van der Waals surface area contributed by atoms with E-state index in [0.717, 1.165) is 20.1 Å². The van der Waals surface area contributed by atoms with Gasteiger partial charge >= 0.3 is 0 Å². The third-order valence-electron chi connectivity index (χ3n) is 2.93. The molecule has 0 unspecified atom stereocenters. The van der Waals surface area contributed by atoms with Crippen molar-refractivity contribution in [2.24, 2.45) is 0 Å². The van der Waals surface area contributed by atoms with Crippen LogP contribution in [-0.2, 0) is 0 Å². The van der Waals surface area contributed by atoms with E-state index in [4.69, 9.17) is 11.6 Å². The van der Waals surface area contributed by atoms with Crippen LogP contribution in [0.4, 0.5) is 0 Å². The van der Waals surface area contributed by atoms with Gasteiger partial charge in [0.15, 0.2) is 5.78 Å². The monoisotopic (exact) mass is 400 g/mol. The topological polar surface area (TPSA) is 17.1 Å². The second-order valence-corrected chi connectivity index (χ2v) is 6.49. The normalized spacial score (nSPS) is 10.6. The van der Waals surface area contributed by atoms with E-state index in [-0.39, 0.29) is 5.78 Å². The van der Waals surface area contributed by atoms with Crippen LogP contribution in [0.5, 0.6) is 0 Å². The minimum absolute atomic E-state index is 0.0468. The first-order chi connectivity index (χ1) is 8.90. The average Bonchev–Trinajstić information content (AvgIpc) is 2.36. The summed E-state index contributed by atoms with van der Waals surface area (Å²) >= 11 is 13.0. The summed E-state index contributed by atoms with van der Waals surface area (Å²) in [4.78, 5) is 12.5. The number of aryl methyl sites for hydroxylation is 2. The van der Waals surface area contributed by atoms with Gasteiger partial charge in [0.1, 0.15) is 0 Å². The number of carbonyl (C=O) groups is 1. The maximum absolute atomic E-state index is 12.5. The molecule has 2 rings (SSSR count). The third-order valence-corrected chi connectivity index (χ3v) is 4.84. The fourth-order valence-electron chi connectivity index (χ4n) is 1.71. The molecule has 0 atom stereocenters. The molecule has 0 aliphatic heterocycles. The zero-order valence-corrected chi connectivity index (χ0v) is 14.4. The van der Waals surface area contributed by atoms with Gasteiger partial charge in [0.2, 0.25) is 0 Å². The molecule has 98 valence electrons. The lowest BCUT2D eigenvalue weighted by Crippen LogP contribution is -2.03. The van der Waals surface area contributed by atoms with Crippen molar-refractivity contribution in [2.75, 3.05) is 0 Å². The van der Waals surface area contributed by atoms with Gasteiger partial charge in [-0.15, -0.1) is 0 Å². The molecule has 0 N–H and O–H groups in total. The Hall–Kier alpha value is -0.640. The molecule has 0 spiro atoms. The average molecular weight is 403 g/mol. The van der Waals surface area contributed by atoms with Crippen molar-refractivity contribution in [3.63, 3.8) is 0 Å². The van der Waals surface area contributed by atoms with Crippen LogP contribution in [0.15, 0.2) is 39.3 Å². The van der Waals surface area contributed by atoms with Gasteiger partial charge in [0.25, 0.3) is 0 Å². The third kappa shape index (κ3) is 3.10. The number of rotatable bonds is 2. The summed E-state index contributed by atoms with van der Waals surface area (Å²) in [6.07, 6.45) is 0. The summed E-state index contributed by atoms with van der Waals surface area (Å²) in [5, 5.41) is 0.605. The molecule has 19 heavy (non-hydrogen) atoms. The van der Waals surface area contributed by atoms with E-state index in [1.165, 1.54) is 0 Å². The maximum Gasteiger partial charge on any atom is 0.194 e. The molecule has 1 nitrogen and oxygen atoms in total. The Labute approximate surface area is 134 Å². The van der Waals surface area contributed by atoms with Crippen molar-refractivity contribution < 1.29 is 4.79 Å². The van der Waals surface area contributed by atoms with Gasteiger partial charge in [0, 0.05) is 25.1 Å². The summed E-state index contributed by atoms with van der Waals surface area (Å²) in [5.74, 6) is -0.0468. The van der Waals surface area contributed by atoms with Crippen LogP contribution in [0.3, 0.4) is 0 Å². The number of benzene rings is 2. The van der Waals surface area contributed by atoms with E-state index in [9.17, 15) is 4.79 Å². The summed E-state index contributed by atoms with van der Waals surface area (Å²) in [6, 6.07) is 9.11. The van der Waals surface area contributed by atoms with Gasteiger partial charge < -0.3 is 0 Å². The quantitative estimate of drug-likeness (QED) is 0.588. The molecule has 4 heteroatoms. The van der Waals surface area contributed by atoms with Crippen LogP contribution < -0.4 is 0 Å². The van der Waals surface area contributed by atoms with Gasteiger partial charge in [-0.05, 0) is 43.2 Å². The minimum atomic E-state index is -0.0468. The largest absolute Gasteiger partial charge is 0.289 e. The number of halogens is 3. The molecule has 0 heterocycles. The van der Waals surface area contributed by atoms with Crippen molar-refractivity contribution in [1.29, 1.82) is 0 Å². The lowest BCUT2D eigenvalue weighted by atomic mass is 10.0. The van der Waals surface area contributed by atoms with Crippen molar-refractivity contribution in [3.8, 4) is 0 Å². The number of carbonyl (C=O) groups excluding carboxylic acids is 1. The highest BCUT2D eigenvalue weighted by atomic mass is 79.9. The lowest BCUT2D eigenvalue weighted by molar-refractivity contribution is 0.103. The summed E-state index contributed by atoms with van der Waals surface area (Å²) in [7, 11) is 0. The molecular weight excluding hydrogens is 391 g/mol. The standard InChI is InChI=1S/C15H11Br2ClO/c1-8-3-4-10(6-14(8)18)15(19)11-7-12(16)9(2)5-13(11)17/h3-7H,1-2H3. The van der Waals surface area contributed by atoms with E-state index < -0.39 is 0 Å². The first kappa shape index (κ1) is 14.8.